The maximum absolute atomic E-state index is 10.2. The van der Waals surface area contributed by atoms with Crippen LogP contribution in [0.15, 0.2) is 40.8 Å². The topological polar surface area (TPSA) is 42.6 Å². The Morgan fingerprint density at radius 2 is 1.83 bits per heavy atom. The molecule has 3 aromatic rings. The van der Waals surface area contributed by atoms with Gasteiger partial charge in [0.05, 0.1) is 16.2 Å². The lowest BCUT2D eigenvalue weighted by atomic mass is 9.82. The van der Waals surface area contributed by atoms with Gasteiger partial charge in [0.25, 0.3) is 0 Å². The highest BCUT2D eigenvalue weighted by atomic mass is 35.5. The largest absolute Gasteiger partial charge is 0.456 e. The fraction of sp³-hybridized carbons (Fsp3) is 0.333. The molecule has 5 heteroatoms. The Morgan fingerprint density at radius 1 is 1.09 bits per heavy atom. The van der Waals surface area contributed by atoms with E-state index in [0.717, 1.165) is 27.4 Å². The van der Waals surface area contributed by atoms with Crippen molar-refractivity contribution in [3.05, 3.63) is 41.4 Å². The van der Waals surface area contributed by atoms with Crippen molar-refractivity contribution in [3.63, 3.8) is 0 Å². The number of aliphatic hydroxyl groups is 1. The third-order valence-corrected chi connectivity index (χ3v) is 4.75. The molecule has 0 fully saturated rings. The molecule has 0 aliphatic rings. The van der Waals surface area contributed by atoms with Crippen LogP contribution in [0.2, 0.25) is 5.02 Å². The van der Waals surface area contributed by atoms with Crippen molar-refractivity contribution in [3.8, 4) is 0 Å². The van der Waals surface area contributed by atoms with Crippen molar-refractivity contribution < 1.29 is 14.2 Å². The molecule has 0 aliphatic carbocycles. The molecule has 1 aromatic heterocycles. The molecule has 1 radical (unpaired) electrons. The van der Waals surface area contributed by atoms with Crippen LogP contribution in [-0.2, 0) is 4.65 Å². The van der Waals surface area contributed by atoms with Gasteiger partial charge in [0.15, 0.2) is 0 Å². The average molecular weight is 330 g/mol. The van der Waals surface area contributed by atoms with Gasteiger partial charge in [-0.05, 0) is 45.9 Å². The molecule has 119 valence electrons. The molecule has 23 heavy (non-hydrogen) atoms. The zero-order valence-corrected chi connectivity index (χ0v) is 14.4. The third-order valence-electron chi connectivity index (χ3n) is 4.43. The van der Waals surface area contributed by atoms with Gasteiger partial charge in [0, 0.05) is 10.8 Å². The molecule has 0 saturated heterocycles. The Kier molecular flexibility index (Phi) is 3.95. The first-order valence-corrected chi connectivity index (χ1v) is 7.91. The summed E-state index contributed by atoms with van der Waals surface area (Å²) in [6.07, 6.45) is 0. The second-order valence-corrected chi connectivity index (χ2v) is 7.18. The highest BCUT2D eigenvalue weighted by Crippen LogP contribution is 2.33. The SMILES string of the molecule is CC(C)(O)C(C)(C)O[B]c1ccc2oc3cccc(Cl)c3c2c1. The van der Waals surface area contributed by atoms with Crippen molar-refractivity contribution in [1.29, 1.82) is 0 Å². The normalized spacial score (nSPS) is 13.0. The van der Waals surface area contributed by atoms with Gasteiger partial charge >= 0.3 is 7.48 Å². The van der Waals surface area contributed by atoms with E-state index in [-0.39, 0.29) is 0 Å². The predicted molar refractivity (Wildman–Crippen MR) is 95.6 cm³/mol. The van der Waals surface area contributed by atoms with Crippen LogP contribution in [0, 0.1) is 0 Å². The molecule has 1 heterocycles. The summed E-state index contributed by atoms with van der Waals surface area (Å²) in [6.45, 7) is 7.17. The van der Waals surface area contributed by atoms with Gasteiger partial charge in [-0.2, -0.15) is 0 Å². The molecule has 3 nitrogen and oxygen atoms in total. The summed E-state index contributed by atoms with van der Waals surface area (Å²) in [4.78, 5) is 0. The van der Waals surface area contributed by atoms with Crippen LogP contribution in [0.4, 0.5) is 0 Å². The lowest BCUT2D eigenvalue weighted by Crippen LogP contribution is -2.49. The Labute approximate surface area is 141 Å². The van der Waals surface area contributed by atoms with Crippen LogP contribution < -0.4 is 5.46 Å². The van der Waals surface area contributed by atoms with Crippen LogP contribution in [0.3, 0.4) is 0 Å². The van der Waals surface area contributed by atoms with E-state index in [4.69, 9.17) is 20.7 Å². The molecule has 0 saturated carbocycles. The Morgan fingerprint density at radius 3 is 2.52 bits per heavy atom. The van der Waals surface area contributed by atoms with Crippen LogP contribution in [-0.4, -0.2) is 23.8 Å². The van der Waals surface area contributed by atoms with E-state index >= 15 is 0 Å². The van der Waals surface area contributed by atoms with Gasteiger partial charge < -0.3 is 14.2 Å². The van der Waals surface area contributed by atoms with E-state index in [1.165, 1.54) is 0 Å². The van der Waals surface area contributed by atoms with Gasteiger partial charge in [-0.1, -0.05) is 35.3 Å². The van der Waals surface area contributed by atoms with E-state index in [9.17, 15) is 5.11 Å². The summed E-state index contributed by atoms with van der Waals surface area (Å²) < 4.78 is 11.6. The molecule has 0 spiro atoms. The Hall–Kier alpha value is -1.49. The molecule has 3 rings (SSSR count). The van der Waals surface area contributed by atoms with Gasteiger partial charge in [0.1, 0.15) is 11.2 Å². The molecule has 0 unspecified atom stereocenters. The number of furan rings is 1. The average Bonchev–Trinajstić information content (AvgIpc) is 2.83. The van der Waals surface area contributed by atoms with Gasteiger partial charge in [-0.3, -0.25) is 0 Å². The van der Waals surface area contributed by atoms with Crippen molar-refractivity contribution in [2.24, 2.45) is 0 Å². The lowest BCUT2D eigenvalue weighted by Gasteiger charge is -2.37. The number of fused-ring (bicyclic) bond motifs is 3. The summed E-state index contributed by atoms with van der Waals surface area (Å²) in [6, 6.07) is 11.4. The van der Waals surface area contributed by atoms with Gasteiger partial charge in [-0.15, -0.1) is 0 Å². The number of halogens is 1. The summed E-state index contributed by atoms with van der Waals surface area (Å²) in [5.41, 5.74) is 0.768. The number of hydrogen-bond acceptors (Lipinski definition) is 3. The van der Waals surface area contributed by atoms with Gasteiger partial charge in [-0.25, -0.2) is 0 Å². The molecule has 0 atom stereocenters. The van der Waals surface area contributed by atoms with Crippen LogP contribution in [0.25, 0.3) is 21.9 Å². The first kappa shape index (κ1) is 16.4. The minimum atomic E-state index is -0.959. The zero-order valence-electron chi connectivity index (χ0n) is 13.7. The van der Waals surface area contributed by atoms with Crippen molar-refractivity contribution >= 4 is 46.5 Å². The highest BCUT2D eigenvalue weighted by Gasteiger charge is 2.35. The lowest BCUT2D eigenvalue weighted by molar-refractivity contribution is -0.0893. The minimum Gasteiger partial charge on any atom is -0.456 e. The first-order valence-electron chi connectivity index (χ1n) is 7.53. The number of rotatable bonds is 4. The summed E-state index contributed by atoms with van der Waals surface area (Å²) in [5.74, 6) is 0. The predicted octanol–water partition coefficient (Wildman–Crippen LogP) is 4.05. The summed E-state index contributed by atoms with van der Waals surface area (Å²) >= 11 is 6.30. The maximum Gasteiger partial charge on any atom is 0.330 e. The number of hydrogen-bond donors (Lipinski definition) is 1. The molecular weight excluding hydrogens is 310 g/mol. The van der Waals surface area contributed by atoms with Crippen LogP contribution in [0.5, 0.6) is 0 Å². The van der Waals surface area contributed by atoms with E-state index in [2.05, 4.69) is 0 Å². The number of benzene rings is 2. The van der Waals surface area contributed by atoms with Crippen molar-refractivity contribution in [1.82, 2.24) is 0 Å². The van der Waals surface area contributed by atoms with Crippen LogP contribution in [0.1, 0.15) is 27.7 Å². The molecule has 1 N–H and O–H groups in total. The fourth-order valence-corrected chi connectivity index (χ4v) is 2.50. The Balaban J connectivity index is 1.96. The second-order valence-electron chi connectivity index (χ2n) is 6.78. The standard InChI is InChI=1S/C18H19BClO3/c1-17(2,21)18(3,4)23-19-11-8-9-14-12(10-11)16-13(20)6-5-7-15(16)22-14/h5-10,21H,1-4H3. The molecule has 0 bridgehead atoms. The molecule has 0 amide bonds. The summed E-state index contributed by atoms with van der Waals surface area (Å²) in [7, 11) is 1.66. The summed E-state index contributed by atoms with van der Waals surface area (Å²) in [5, 5.41) is 12.7. The van der Waals surface area contributed by atoms with E-state index in [1.807, 2.05) is 50.2 Å². The fourth-order valence-electron chi connectivity index (χ4n) is 2.23. The smallest absolute Gasteiger partial charge is 0.330 e. The van der Waals surface area contributed by atoms with Crippen molar-refractivity contribution in [2.45, 2.75) is 38.9 Å². The Bertz CT molecular complexity index is 862. The first-order chi connectivity index (χ1) is 10.7. The van der Waals surface area contributed by atoms with Crippen molar-refractivity contribution in [2.75, 3.05) is 0 Å². The minimum absolute atomic E-state index is 0.663. The van der Waals surface area contributed by atoms with E-state index < -0.39 is 11.2 Å². The van der Waals surface area contributed by atoms with Gasteiger partial charge in [0.2, 0.25) is 0 Å². The maximum atomic E-state index is 10.2. The zero-order chi connectivity index (χ0) is 16.8. The molecular formula is C18H19BClO3. The van der Waals surface area contributed by atoms with E-state index in [1.54, 1.807) is 21.3 Å². The van der Waals surface area contributed by atoms with E-state index in [0.29, 0.717) is 5.02 Å². The quantitative estimate of drug-likeness (QED) is 0.734. The van der Waals surface area contributed by atoms with Crippen LogP contribution >= 0.6 is 11.6 Å². The second kappa shape index (κ2) is 5.55. The molecule has 0 aliphatic heterocycles. The molecule has 2 aromatic carbocycles. The monoisotopic (exact) mass is 329 g/mol. The highest BCUT2D eigenvalue weighted by molar-refractivity contribution is 6.48. The third kappa shape index (κ3) is 2.99.